The van der Waals surface area contributed by atoms with Crippen molar-refractivity contribution in [2.75, 3.05) is 12.3 Å². The van der Waals surface area contributed by atoms with Crippen LogP contribution in [0.15, 0.2) is 12.1 Å². The molecule has 2 aromatic heterocycles. The molecule has 1 unspecified atom stereocenters. The molecule has 7 heteroatoms. The first-order valence-corrected chi connectivity index (χ1v) is 7.56. The topological polar surface area (TPSA) is 102 Å². The molecule has 6 nitrogen and oxygen atoms in total. The van der Waals surface area contributed by atoms with Gasteiger partial charge in [0.05, 0.1) is 5.69 Å². The molecule has 0 aliphatic carbocycles. The van der Waals surface area contributed by atoms with Crippen molar-refractivity contribution in [1.82, 2.24) is 9.88 Å². The number of rotatable bonds is 2. The summed E-state index contributed by atoms with van der Waals surface area (Å²) in [5.41, 5.74) is 12.8. The van der Waals surface area contributed by atoms with Crippen molar-refractivity contribution in [1.29, 1.82) is 0 Å². The number of fused-ring (bicyclic) bond motifs is 1. The maximum absolute atomic E-state index is 12.7. The second kappa shape index (κ2) is 5.00. The number of thiophene rings is 1. The van der Waals surface area contributed by atoms with Crippen molar-refractivity contribution in [2.45, 2.75) is 25.8 Å². The lowest BCUT2D eigenvalue weighted by Gasteiger charge is -2.21. The van der Waals surface area contributed by atoms with E-state index in [0.29, 0.717) is 23.5 Å². The Morgan fingerprint density at radius 3 is 2.90 bits per heavy atom. The third-order valence-electron chi connectivity index (χ3n) is 3.77. The van der Waals surface area contributed by atoms with Gasteiger partial charge in [0.25, 0.3) is 5.91 Å². The van der Waals surface area contributed by atoms with Crippen LogP contribution in [-0.2, 0) is 4.79 Å². The van der Waals surface area contributed by atoms with Crippen molar-refractivity contribution >= 4 is 39.1 Å². The minimum Gasteiger partial charge on any atom is -0.397 e. The summed E-state index contributed by atoms with van der Waals surface area (Å²) in [5.74, 6) is -0.691. The number of nitrogens with zero attached hydrogens (tertiary/aromatic N) is 2. The molecule has 1 aliphatic heterocycles. The van der Waals surface area contributed by atoms with E-state index in [4.69, 9.17) is 11.5 Å². The SMILES string of the molecule is Cc1ccc2c(N)c(C(=O)N3CCCC3C(N)=O)sc2n1. The summed E-state index contributed by atoms with van der Waals surface area (Å²) in [7, 11) is 0. The highest BCUT2D eigenvalue weighted by Gasteiger charge is 2.34. The molecule has 3 rings (SSSR count). The second-order valence-corrected chi connectivity index (χ2v) is 6.21. The van der Waals surface area contributed by atoms with Crippen LogP contribution >= 0.6 is 11.3 Å². The fraction of sp³-hybridized carbons (Fsp3) is 0.357. The highest BCUT2D eigenvalue weighted by atomic mass is 32.1. The normalized spacial score (nSPS) is 18.3. The van der Waals surface area contributed by atoms with Crippen LogP contribution in [-0.4, -0.2) is 34.3 Å². The Kier molecular flexibility index (Phi) is 3.29. The molecular formula is C14H16N4O2S. The maximum atomic E-state index is 12.7. The number of hydrogen-bond acceptors (Lipinski definition) is 5. The Hall–Kier alpha value is -2.15. The summed E-state index contributed by atoms with van der Waals surface area (Å²) >= 11 is 1.27. The van der Waals surface area contributed by atoms with Crippen LogP contribution in [0.25, 0.3) is 10.2 Å². The molecule has 21 heavy (non-hydrogen) atoms. The van der Waals surface area contributed by atoms with Crippen LogP contribution in [0.2, 0.25) is 0 Å². The predicted octanol–water partition coefficient (Wildman–Crippen LogP) is 1.28. The molecule has 1 saturated heterocycles. The van der Waals surface area contributed by atoms with E-state index in [1.165, 1.54) is 16.2 Å². The molecule has 0 bridgehead atoms. The van der Waals surface area contributed by atoms with Gasteiger partial charge in [-0.15, -0.1) is 11.3 Å². The number of aromatic nitrogens is 1. The molecule has 0 aromatic carbocycles. The number of carbonyl (C=O) groups excluding carboxylic acids is 2. The van der Waals surface area contributed by atoms with Crippen LogP contribution in [0, 0.1) is 6.92 Å². The zero-order chi connectivity index (χ0) is 15.1. The number of nitrogen functional groups attached to an aromatic ring is 1. The Morgan fingerprint density at radius 1 is 1.43 bits per heavy atom. The van der Waals surface area contributed by atoms with Crippen LogP contribution in [0.5, 0.6) is 0 Å². The Bertz CT molecular complexity index is 740. The summed E-state index contributed by atoms with van der Waals surface area (Å²) in [6.45, 7) is 2.42. The number of anilines is 1. The maximum Gasteiger partial charge on any atom is 0.266 e. The van der Waals surface area contributed by atoms with E-state index in [-0.39, 0.29) is 5.91 Å². The van der Waals surface area contributed by atoms with Gasteiger partial charge in [-0.05, 0) is 31.9 Å². The quantitative estimate of drug-likeness (QED) is 0.872. The average molecular weight is 304 g/mol. The van der Waals surface area contributed by atoms with E-state index in [0.717, 1.165) is 22.3 Å². The molecule has 4 N–H and O–H groups in total. The zero-order valence-corrected chi connectivity index (χ0v) is 12.4. The van der Waals surface area contributed by atoms with Gasteiger partial charge in [0, 0.05) is 17.6 Å². The number of amides is 2. The fourth-order valence-corrected chi connectivity index (χ4v) is 3.78. The van der Waals surface area contributed by atoms with Gasteiger partial charge < -0.3 is 16.4 Å². The van der Waals surface area contributed by atoms with E-state index in [2.05, 4.69) is 4.98 Å². The number of pyridine rings is 1. The number of likely N-dealkylation sites (tertiary alicyclic amines) is 1. The minimum atomic E-state index is -0.531. The monoisotopic (exact) mass is 304 g/mol. The lowest BCUT2D eigenvalue weighted by molar-refractivity contribution is -0.121. The van der Waals surface area contributed by atoms with Crippen molar-refractivity contribution in [3.8, 4) is 0 Å². The molecule has 1 fully saturated rings. The van der Waals surface area contributed by atoms with E-state index in [1.807, 2.05) is 19.1 Å². The van der Waals surface area contributed by atoms with Crippen LogP contribution in [0.3, 0.4) is 0 Å². The Labute approximate surface area is 125 Å². The van der Waals surface area contributed by atoms with Gasteiger partial charge in [-0.1, -0.05) is 0 Å². The van der Waals surface area contributed by atoms with Crippen molar-refractivity contribution in [3.63, 3.8) is 0 Å². The fourth-order valence-electron chi connectivity index (χ4n) is 2.68. The van der Waals surface area contributed by atoms with Gasteiger partial charge in [-0.2, -0.15) is 0 Å². The van der Waals surface area contributed by atoms with E-state index in [9.17, 15) is 9.59 Å². The molecule has 0 spiro atoms. The molecular weight excluding hydrogens is 288 g/mol. The predicted molar refractivity (Wildman–Crippen MR) is 82.0 cm³/mol. The number of carbonyl (C=O) groups is 2. The minimum absolute atomic E-state index is 0.227. The first-order chi connectivity index (χ1) is 9.99. The number of aryl methyl sites for hydroxylation is 1. The average Bonchev–Trinajstić information content (AvgIpc) is 3.03. The summed E-state index contributed by atoms with van der Waals surface area (Å²) in [4.78, 5) is 31.2. The molecule has 2 amide bonds. The highest BCUT2D eigenvalue weighted by molar-refractivity contribution is 7.21. The molecule has 2 aromatic rings. The highest BCUT2D eigenvalue weighted by Crippen LogP contribution is 2.34. The molecule has 110 valence electrons. The number of hydrogen-bond donors (Lipinski definition) is 2. The van der Waals surface area contributed by atoms with Crippen LogP contribution < -0.4 is 11.5 Å². The first-order valence-electron chi connectivity index (χ1n) is 6.75. The van der Waals surface area contributed by atoms with Gasteiger partial charge in [0.15, 0.2) is 0 Å². The Morgan fingerprint density at radius 2 is 2.19 bits per heavy atom. The standard InChI is InChI=1S/C14H16N4O2S/c1-7-4-5-8-10(15)11(21-13(8)17-7)14(20)18-6-2-3-9(18)12(16)19/h4-5,9H,2-3,6,15H2,1H3,(H2,16,19). The molecule has 1 aliphatic rings. The molecule has 0 saturated carbocycles. The number of primary amides is 1. The Balaban J connectivity index is 2.02. The smallest absolute Gasteiger partial charge is 0.266 e. The van der Waals surface area contributed by atoms with Crippen LogP contribution in [0.1, 0.15) is 28.2 Å². The second-order valence-electron chi connectivity index (χ2n) is 5.21. The van der Waals surface area contributed by atoms with Crippen LogP contribution in [0.4, 0.5) is 5.69 Å². The van der Waals surface area contributed by atoms with Crippen molar-refractivity contribution in [2.24, 2.45) is 5.73 Å². The first kappa shape index (κ1) is 13.8. The zero-order valence-electron chi connectivity index (χ0n) is 11.6. The molecule has 1 atom stereocenters. The van der Waals surface area contributed by atoms with E-state index < -0.39 is 11.9 Å². The van der Waals surface area contributed by atoms with Gasteiger partial charge in [-0.25, -0.2) is 4.98 Å². The largest absolute Gasteiger partial charge is 0.397 e. The van der Waals surface area contributed by atoms with Gasteiger partial charge in [0.2, 0.25) is 5.91 Å². The summed E-state index contributed by atoms with van der Waals surface area (Å²) in [6.07, 6.45) is 1.39. The van der Waals surface area contributed by atoms with Gasteiger partial charge in [0.1, 0.15) is 15.7 Å². The third kappa shape index (κ3) is 2.23. The van der Waals surface area contributed by atoms with E-state index >= 15 is 0 Å². The lowest BCUT2D eigenvalue weighted by atomic mass is 10.2. The number of nitrogens with two attached hydrogens (primary N) is 2. The van der Waals surface area contributed by atoms with Gasteiger partial charge >= 0.3 is 0 Å². The lowest BCUT2D eigenvalue weighted by Crippen LogP contribution is -2.43. The van der Waals surface area contributed by atoms with Crippen molar-refractivity contribution < 1.29 is 9.59 Å². The third-order valence-corrected chi connectivity index (χ3v) is 4.87. The molecule has 0 radical (unpaired) electrons. The summed E-state index contributed by atoms with van der Waals surface area (Å²) in [6, 6.07) is 3.20. The molecule has 3 heterocycles. The van der Waals surface area contributed by atoms with E-state index in [1.54, 1.807) is 0 Å². The van der Waals surface area contributed by atoms with Gasteiger partial charge in [-0.3, -0.25) is 9.59 Å². The summed E-state index contributed by atoms with van der Waals surface area (Å²) < 4.78 is 0. The summed E-state index contributed by atoms with van der Waals surface area (Å²) in [5, 5.41) is 0.781. The van der Waals surface area contributed by atoms with Crippen molar-refractivity contribution in [3.05, 3.63) is 22.7 Å².